The molecule has 1 N–H and O–H groups in total. The van der Waals surface area contributed by atoms with Crippen LogP contribution in [0.25, 0.3) is 0 Å². The van der Waals surface area contributed by atoms with Crippen LogP contribution in [0.1, 0.15) is 25.7 Å². The number of carbonyl (C=O) groups is 2. The van der Waals surface area contributed by atoms with Gasteiger partial charge in [0, 0.05) is 38.5 Å². The Kier molecular flexibility index (Phi) is 5.41. The molecule has 6 nitrogen and oxygen atoms in total. The van der Waals surface area contributed by atoms with Crippen LogP contribution in [0.3, 0.4) is 0 Å². The molecule has 0 aromatic heterocycles. The molecule has 1 atom stereocenters. The van der Waals surface area contributed by atoms with Crippen molar-refractivity contribution in [3.63, 3.8) is 0 Å². The molecule has 0 saturated carbocycles. The Morgan fingerprint density at radius 2 is 2.17 bits per heavy atom. The van der Waals surface area contributed by atoms with Gasteiger partial charge in [-0.25, -0.2) is 4.39 Å². The van der Waals surface area contributed by atoms with Gasteiger partial charge in [-0.15, -0.1) is 0 Å². The number of hydrogen-bond donors (Lipinski definition) is 1. The van der Waals surface area contributed by atoms with Crippen molar-refractivity contribution in [1.82, 2.24) is 10.2 Å². The molecule has 1 aromatic rings. The van der Waals surface area contributed by atoms with Gasteiger partial charge in [0.25, 0.3) is 5.91 Å². The lowest BCUT2D eigenvalue weighted by Gasteiger charge is -2.44. The minimum atomic E-state index is -1.21. The van der Waals surface area contributed by atoms with Crippen LogP contribution in [0.4, 0.5) is 10.1 Å². The number of nitrogens with zero attached hydrogens (tertiary/aromatic N) is 2. The first-order valence-electron chi connectivity index (χ1n) is 10.1. The Morgan fingerprint density at radius 3 is 2.90 bits per heavy atom. The normalized spacial score (nSPS) is 24.4. The Labute approximate surface area is 170 Å². The Morgan fingerprint density at radius 1 is 1.38 bits per heavy atom. The lowest BCUT2D eigenvalue weighted by molar-refractivity contribution is -0.128. The molecule has 1 unspecified atom stereocenters. The van der Waals surface area contributed by atoms with Crippen molar-refractivity contribution in [2.45, 2.75) is 37.3 Å². The van der Waals surface area contributed by atoms with E-state index in [0.29, 0.717) is 44.7 Å². The van der Waals surface area contributed by atoms with E-state index in [4.69, 9.17) is 4.74 Å². The number of anilines is 1. The molecule has 3 aliphatic rings. The molecule has 154 valence electrons. The quantitative estimate of drug-likeness (QED) is 0.773. The summed E-state index contributed by atoms with van der Waals surface area (Å²) in [5.74, 6) is -0.661. The van der Waals surface area contributed by atoms with Crippen molar-refractivity contribution < 1.29 is 18.7 Å². The van der Waals surface area contributed by atoms with E-state index in [-0.39, 0.29) is 11.9 Å². The average molecular weight is 399 g/mol. The number of nitrogens with one attached hydrogen (secondary N) is 1. The lowest BCUT2D eigenvalue weighted by atomic mass is 9.89. The van der Waals surface area contributed by atoms with Crippen molar-refractivity contribution in [3.05, 3.63) is 53.5 Å². The zero-order chi connectivity index (χ0) is 20.4. The smallest absolute Gasteiger partial charge is 0.252 e. The minimum Gasteiger partial charge on any atom is -0.381 e. The van der Waals surface area contributed by atoms with Crippen LogP contribution in [0.5, 0.6) is 0 Å². The fourth-order valence-corrected chi connectivity index (χ4v) is 4.69. The van der Waals surface area contributed by atoms with Gasteiger partial charge in [0.15, 0.2) is 5.54 Å². The summed E-state index contributed by atoms with van der Waals surface area (Å²) in [6.07, 6.45) is 7.36. The van der Waals surface area contributed by atoms with Gasteiger partial charge in [-0.3, -0.25) is 14.5 Å². The molecule has 0 radical (unpaired) electrons. The molecule has 1 saturated heterocycles. The number of hydrogen-bond acceptors (Lipinski definition) is 4. The summed E-state index contributed by atoms with van der Waals surface area (Å²) in [5.41, 5.74) is 1.03. The fraction of sp³-hybridized carbons (Fsp3) is 0.455. The molecule has 2 aliphatic heterocycles. The van der Waals surface area contributed by atoms with E-state index in [1.165, 1.54) is 17.0 Å². The summed E-state index contributed by atoms with van der Waals surface area (Å²) in [4.78, 5) is 29.5. The second-order valence-corrected chi connectivity index (χ2v) is 7.83. The third-order valence-corrected chi connectivity index (χ3v) is 6.07. The molecule has 4 rings (SSSR count). The predicted octanol–water partition coefficient (Wildman–Crippen LogP) is 2.37. The molecular formula is C22H26FN3O3. The van der Waals surface area contributed by atoms with Crippen molar-refractivity contribution in [2.24, 2.45) is 0 Å². The van der Waals surface area contributed by atoms with Crippen molar-refractivity contribution in [2.75, 3.05) is 31.7 Å². The van der Waals surface area contributed by atoms with Crippen molar-refractivity contribution >= 4 is 18.0 Å². The molecule has 1 fully saturated rings. The van der Waals surface area contributed by atoms with E-state index in [2.05, 4.69) is 11.4 Å². The average Bonchev–Trinajstić information content (AvgIpc) is 3.11. The maximum absolute atomic E-state index is 14.0. The third kappa shape index (κ3) is 3.44. The Balaban J connectivity index is 1.79. The van der Waals surface area contributed by atoms with E-state index >= 15 is 0 Å². The number of likely N-dealkylation sites (N-methyl/N-ethyl adjacent to an activating group) is 1. The highest BCUT2D eigenvalue weighted by atomic mass is 19.1. The third-order valence-electron chi connectivity index (χ3n) is 6.07. The van der Waals surface area contributed by atoms with Gasteiger partial charge in [0.2, 0.25) is 6.41 Å². The summed E-state index contributed by atoms with van der Waals surface area (Å²) >= 11 is 0. The number of benzene rings is 1. The highest BCUT2D eigenvalue weighted by molar-refractivity contribution is 6.00. The summed E-state index contributed by atoms with van der Waals surface area (Å²) in [6.45, 7) is 1.87. The van der Waals surface area contributed by atoms with E-state index in [0.717, 1.165) is 24.1 Å². The number of ether oxygens (including phenoxy) is 1. The number of halogens is 1. The first-order valence-corrected chi connectivity index (χ1v) is 10.1. The second-order valence-electron chi connectivity index (χ2n) is 7.83. The first-order chi connectivity index (χ1) is 14.1. The predicted molar refractivity (Wildman–Crippen MR) is 108 cm³/mol. The largest absolute Gasteiger partial charge is 0.381 e. The molecule has 2 amide bonds. The van der Waals surface area contributed by atoms with Crippen LogP contribution in [0.15, 0.2) is 47.7 Å². The Bertz CT molecular complexity index is 863. The minimum absolute atomic E-state index is 0.00299. The number of carbonyl (C=O) groups excluding carboxylic acids is 2. The molecule has 0 spiro atoms. The SMILES string of the molecule is CN1CC=CC2=C1C(C(=O)NC1CCOCC1)(N(C=O)c1cccc(F)c1)CC2. The van der Waals surface area contributed by atoms with E-state index in [1.807, 2.05) is 18.0 Å². The van der Waals surface area contributed by atoms with E-state index < -0.39 is 11.4 Å². The van der Waals surface area contributed by atoms with Gasteiger partial charge >= 0.3 is 0 Å². The van der Waals surface area contributed by atoms with Gasteiger partial charge in [0.05, 0.1) is 5.70 Å². The van der Waals surface area contributed by atoms with Crippen molar-refractivity contribution in [3.8, 4) is 0 Å². The van der Waals surface area contributed by atoms with Gasteiger partial charge < -0.3 is 15.0 Å². The second kappa shape index (κ2) is 7.99. The van der Waals surface area contributed by atoms with Gasteiger partial charge in [-0.1, -0.05) is 18.2 Å². The standard InChI is InChI=1S/C22H26FN3O3/c1-25-11-3-4-16-7-10-22(20(16)25,21(28)24-18-8-12-29-13-9-18)26(15-27)19-6-2-5-17(23)14-19/h2-6,14-15,18H,7-13H2,1H3,(H,24,28). The Hall–Kier alpha value is -2.67. The maximum Gasteiger partial charge on any atom is 0.252 e. The van der Waals surface area contributed by atoms with Crippen LogP contribution >= 0.6 is 0 Å². The highest BCUT2D eigenvalue weighted by Crippen LogP contribution is 2.45. The number of allylic oxidation sites excluding steroid dienone is 2. The summed E-state index contributed by atoms with van der Waals surface area (Å²) < 4.78 is 19.4. The number of rotatable bonds is 5. The van der Waals surface area contributed by atoms with Crippen LogP contribution in [0.2, 0.25) is 0 Å². The van der Waals surface area contributed by atoms with Crippen LogP contribution in [0, 0.1) is 5.82 Å². The van der Waals surface area contributed by atoms with Crippen LogP contribution < -0.4 is 10.2 Å². The highest BCUT2D eigenvalue weighted by Gasteiger charge is 2.54. The van der Waals surface area contributed by atoms with Crippen LogP contribution in [-0.2, 0) is 14.3 Å². The monoisotopic (exact) mass is 399 g/mol. The fourth-order valence-electron chi connectivity index (χ4n) is 4.69. The molecule has 7 heteroatoms. The van der Waals surface area contributed by atoms with Gasteiger partial charge in [-0.05, 0) is 49.5 Å². The maximum atomic E-state index is 14.0. The molecule has 1 aromatic carbocycles. The molecule has 2 heterocycles. The zero-order valence-electron chi connectivity index (χ0n) is 16.6. The molecule has 29 heavy (non-hydrogen) atoms. The topological polar surface area (TPSA) is 61.9 Å². The summed E-state index contributed by atoms with van der Waals surface area (Å²) in [6, 6.07) is 5.85. The van der Waals surface area contributed by atoms with Crippen molar-refractivity contribution in [1.29, 1.82) is 0 Å². The molecule has 1 aliphatic carbocycles. The first kappa shape index (κ1) is 19.6. The van der Waals surface area contributed by atoms with Gasteiger partial charge in [0.1, 0.15) is 5.82 Å². The molecule has 0 bridgehead atoms. The summed E-state index contributed by atoms with van der Waals surface area (Å²) in [7, 11) is 1.93. The molecular weight excluding hydrogens is 373 g/mol. The summed E-state index contributed by atoms with van der Waals surface area (Å²) in [5, 5.41) is 3.16. The van der Waals surface area contributed by atoms with E-state index in [9.17, 15) is 14.0 Å². The lowest BCUT2D eigenvalue weighted by Crippen LogP contribution is -2.63. The zero-order valence-corrected chi connectivity index (χ0v) is 16.6. The van der Waals surface area contributed by atoms with E-state index in [1.54, 1.807) is 12.1 Å². The number of amides is 2. The van der Waals surface area contributed by atoms with Crippen LogP contribution in [-0.4, -0.2) is 55.6 Å². The van der Waals surface area contributed by atoms with Gasteiger partial charge in [-0.2, -0.15) is 0 Å².